The highest BCUT2D eigenvalue weighted by molar-refractivity contribution is 9.10. The Morgan fingerprint density at radius 1 is 1.31 bits per heavy atom. The summed E-state index contributed by atoms with van der Waals surface area (Å²) in [6, 6.07) is 5.68. The minimum absolute atomic E-state index is 0.0212. The first kappa shape index (κ1) is 13.1. The Morgan fingerprint density at radius 3 is 2.31 bits per heavy atom. The summed E-state index contributed by atoms with van der Waals surface area (Å²) in [6.45, 7) is 0.117. The molecule has 0 aliphatic rings. The van der Waals surface area contributed by atoms with Gasteiger partial charge in [0, 0.05) is 18.7 Å². The van der Waals surface area contributed by atoms with Gasteiger partial charge in [-0.1, -0.05) is 28.1 Å². The van der Waals surface area contributed by atoms with E-state index in [1.165, 1.54) is 24.3 Å². The van der Waals surface area contributed by atoms with Crippen LogP contribution in [0.2, 0.25) is 0 Å². The van der Waals surface area contributed by atoms with E-state index in [2.05, 4.69) is 20.7 Å². The Morgan fingerprint density at radius 2 is 1.88 bits per heavy atom. The second kappa shape index (κ2) is 5.37. The molecule has 1 aromatic rings. The van der Waals surface area contributed by atoms with Crippen LogP contribution >= 0.6 is 15.9 Å². The molecule has 0 aliphatic heterocycles. The third-order valence-corrected chi connectivity index (χ3v) is 4.47. The minimum atomic E-state index is -3.31. The maximum absolute atomic E-state index is 11.1. The van der Waals surface area contributed by atoms with Crippen LogP contribution in [0, 0.1) is 10.1 Å². The monoisotopic (exact) mass is 308 g/mol. The summed E-state index contributed by atoms with van der Waals surface area (Å²) in [5, 5.41) is 10.4. The number of nitro benzene ring substituents is 1. The Kier molecular flexibility index (Phi) is 4.39. The van der Waals surface area contributed by atoms with Gasteiger partial charge < -0.3 is 0 Å². The highest BCUT2D eigenvalue weighted by atomic mass is 79.9. The van der Waals surface area contributed by atoms with Crippen molar-refractivity contribution >= 4 is 31.6 Å². The molecule has 0 unspecified atom stereocenters. The SMILES string of the molecule is O=[N+]([O-])c1ccc(CNS(=O)(=O)CBr)cc1. The van der Waals surface area contributed by atoms with Crippen molar-refractivity contribution < 1.29 is 13.3 Å². The number of sulfonamides is 1. The summed E-state index contributed by atoms with van der Waals surface area (Å²) in [5.74, 6) is 0. The molecule has 16 heavy (non-hydrogen) atoms. The van der Waals surface area contributed by atoms with Gasteiger partial charge in [-0.15, -0.1) is 0 Å². The maximum Gasteiger partial charge on any atom is 0.269 e. The van der Waals surface area contributed by atoms with E-state index in [1.807, 2.05) is 0 Å². The smallest absolute Gasteiger partial charge is 0.258 e. The number of halogens is 1. The maximum atomic E-state index is 11.1. The standard InChI is InChI=1S/C8H9BrN2O4S/c9-6-16(14,15)10-5-7-1-3-8(4-2-7)11(12)13/h1-4,10H,5-6H2. The molecule has 0 aliphatic carbocycles. The quantitative estimate of drug-likeness (QED) is 0.505. The molecule has 1 rings (SSSR count). The Hall–Kier alpha value is -0.990. The van der Waals surface area contributed by atoms with Crippen molar-refractivity contribution in [1.29, 1.82) is 0 Å². The summed E-state index contributed by atoms with van der Waals surface area (Å²) in [6.07, 6.45) is 0. The van der Waals surface area contributed by atoms with Crippen LogP contribution in [0.25, 0.3) is 0 Å². The molecule has 1 N–H and O–H groups in total. The first-order valence-corrected chi connectivity index (χ1v) is 6.98. The number of nitro groups is 1. The highest BCUT2D eigenvalue weighted by Gasteiger charge is 2.08. The van der Waals surface area contributed by atoms with Gasteiger partial charge in [-0.2, -0.15) is 0 Å². The van der Waals surface area contributed by atoms with Crippen molar-refractivity contribution in [3.05, 3.63) is 39.9 Å². The molecule has 0 amide bonds. The number of benzene rings is 1. The fourth-order valence-corrected chi connectivity index (χ4v) is 1.92. The lowest BCUT2D eigenvalue weighted by Gasteiger charge is -2.03. The first-order valence-electron chi connectivity index (χ1n) is 4.21. The van der Waals surface area contributed by atoms with Crippen LogP contribution in [0.4, 0.5) is 5.69 Å². The zero-order chi connectivity index (χ0) is 12.2. The summed E-state index contributed by atoms with van der Waals surface area (Å²) in [4.78, 5) is 9.86. The Labute approximate surface area is 101 Å². The summed E-state index contributed by atoms with van der Waals surface area (Å²) >= 11 is 2.84. The van der Waals surface area contributed by atoms with Crippen molar-refractivity contribution in [1.82, 2.24) is 4.72 Å². The van der Waals surface area contributed by atoms with Gasteiger partial charge in [0.2, 0.25) is 10.0 Å². The van der Waals surface area contributed by atoms with E-state index in [9.17, 15) is 18.5 Å². The van der Waals surface area contributed by atoms with Gasteiger partial charge in [0.1, 0.15) is 4.66 Å². The fourth-order valence-electron chi connectivity index (χ4n) is 0.967. The second-order valence-corrected chi connectivity index (χ2v) is 6.08. The van der Waals surface area contributed by atoms with Gasteiger partial charge in [0.15, 0.2) is 0 Å². The van der Waals surface area contributed by atoms with Crippen LogP contribution in [0.15, 0.2) is 24.3 Å². The molecule has 0 bridgehead atoms. The van der Waals surface area contributed by atoms with E-state index >= 15 is 0 Å². The number of hydrogen-bond donors (Lipinski definition) is 1. The predicted octanol–water partition coefficient (Wildman–Crippen LogP) is 1.37. The third kappa shape index (κ3) is 3.87. The van der Waals surface area contributed by atoms with Gasteiger partial charge in [0.05, 0.1) is 4.92 Å². The van der Waals surface area contributed by atoms with E-state index in [4.69, 9.17) is 0 Å². The first-order chi connectivity index (χ1) is 7.44. The van der Waals surface area contributed by atoms with Gasteiger partial charge in [-0.3, -0.25) is 10.1 Å². The average molecular weight is 309 g/mol. The molecule has 6 nitrogen and oxygen atoms in total. The van der Waals surface area contributed by atoms with Crippen LogP contribution in [-0.2, 0) is 16.6 Å². The van der Waals surface area contributed by atoms with E-state index in [0.717, 1.165) is 0 Å². The predicted molar refractivity (Wildman–Crippen MR) is 62.6 cm³/mol. The molecule has 0 spiro atoms. The van der Waals surface area contributed by atoms with Crippen molar-refractivity contribution in [3.63, 3.8) is 0 Å². The zero-order valence-corrected chi connectivity index (χ0v) is 10.5. The number of hydrogen-bond acceptors (Lipinski definition) is 4. The number of rotatable bonds is 5. The van der Waals surface area contributed by atoms with Gasteiger partial charge in [-0.05, 0) is 5.56 Å². The van der Waals surface area contributed by atoms with Gasteiger partial charge in [-0.25, -0.2) is 13.1 Å². The fraction of sp³-hybridized carbons (Fsp3) is 0.250. The lowest BCUT2D eigenvalue weighted by atomic mass is 10.2. The molecule has 0 fully saturated rings. The number of alkyl halides is 1. The lowest BCUT2D eigenvalue weighted by molar-refractivity contribution is -0.384. The van der Waals surface area contributed by atoms with Crippen LogP contribution in [0.5, 0.6) is 0 Å². The minimum Gasteiger partial charge on any atom is -0.258 e. The molecule has 8 heteroatoms. The van der Waals surface area contributed by atoms with Crippen LogP contribution in [-0.4, -0.2) is 18.0 Å². The number of nitrogens with one attached hydrogen (secondary N) is 1. The van der Waals surface area contributed by atoms with E-state index in [1.54, 1.807) is 0 Å². The largest absolute Gasteiger partial charge is 0.269 e. The number of nitrogens with zero attached hydrogens (tertiary/aromatic N) is 1. The number of non-ortho nitro benzene ring substituents is 1. The molecule has 0 heterocycles. The van der Waals surface area contributed by atoms with Gasteiger partial charge >= 0.3 is 0 Å². The molecular weight excluding hydrogens is 300 g/mol. The van der Waals surface area contributed by atoms with Crippen LogP contribution < -0.4 is 4.72 Å². The lowest BCUT2D eigenvalue weighted by Crippen LogP contribution is -2.23. The zero-order valence-electron chi connectivity index (χ0n) is 8.09. The van der Waals surface area contributed by atoms with Crippen molar-refractivity contribution in [3.8, 4) is 0 Å². The van der Waals surface area contributed by atoms with Gasteiger partial charge in [0.25, 0.3) is 5.69 Å². The molecule has 0 saturated carbocycles. The summed E-state index contributed by atoms with van der Waals surface area (Å²) in [7, 11) is -3.31. The van der Waals surface area contributed by atoms with Crippen molar-refractivity contribution in [2.75, 3.05) is 4.66 Å². The molecule has 0 radical (unpaired) electrons. The molecule has 1 aromatic carbocycles. The molecule has 0 saturated heterocycles. The molecule has 0 aromatic heterocycles. The van der Waals surface area contributed by atoms with Crippen LogP contribution in [0.3, 0.4) is 0 Å². The molecule has 88 valence electrons. The van der Waals surface area contributed by atoms with Crippen LogP contribution in [0.1, 0.15) is 5.56 Å². The van der Waals surface area contributed by atoms with Crippen molar-refractivity contribution in [2.45, 2.75) is 6.54 Å². The normalized spacial score (nSPS) is 11.3. The Balaban J connectivity index is 2.66. The third-order valence-electron chi connectivity index (χ3n) is 1.79. The molecular formula is C8H9BrN2O4S. The highest BCUT2D eigenvalue weighted by Crippen LogP contribution is 2.11. The van der Waals surface area contributed by atoms with E-state index in [0.29, 0.717) is 5.56 Å². The van der Waals surface area contributed by atoms with E-state index in [-0.39, 0.29) is 16.9 Å². The Bertz CT molecular complexity index is 471. The topological polar surface area (TPSA) is 89.3 Å². The van der Waals surface area contributed by atoms with Crippen molar-refractivity contribution in [2.24, 2.45) is 0 Å². The average Bonchev–Trinajstić information content (AvgIpc) is 2.27. The van der Waals surface area contributed by atoms with E-state index < -0.39 is 14.9 Å². The summed E-state index contributed by atoms with van der Waals surface area (Å²) in [5.41, 5.74) is 0.641. The summed E-state index contributed by atoms with van der Waals surface area (Å²) < 4.78 is 24.3. The second-order valence-electron chi connectivity index (χ2n) is 2.97. The molecule has 0 atom stereocenters.